The molecule has 1 atom stereocenters. The Labute approximate surface area is 166 Å². The van der Waals surface area contributed by atoms with Gasteiger partial charge in [-0.05, 0) is 68.9 Å². The van der Waals surface area contributed by atoms with E-state index >= 15 is 0 Å². The van der Waals surface area contributed by atoms with E-state index in [4.69, 9.17) is 9.47 Å². The number of benzene rings is 1. The molecule has 0 saturated heterocycles. The molecule has 2 rings (SSSR count). The van der Waals surface area contributed by atoms with Crippen LogP contribution in [0.25, 0.3) is 0 Å². The van der Waals surface area contributed by atoms with Crippen LogP contribution in [0, 0.1) is 5.92 Å². The van der Waals surface area contributed by atoms with Gasteiger partial charge in [-0.25, -0.2) is 10.2 Å². The van der Waals surface area contributed by atoms with Crippen LogP contribution >= 0.6 is 0 Å². The van der Waals surface area contributed by atoms with Crippen molar-refractivity contribution in [3.63, 3.8) is 0 Å². The third-order valence-electron chi connectivity index (χ3n) is 4.51. The van der Waals surface area contributed by atoms with Crippen molar-refractivity contribution in [2.24, 2.45) is 11.0 Å². The van der Waals surface area contributed by atoms with Crippen LogP contribution in [0.4, 0.5) is 0 Å². The van der Waals surface area contributed by atoms with E-state index in [2.05, 4.69) is 23.2 Å². The topological polar surface area (TPSA) is 77.0 Å². The highest BCUT2D eigenvalue weighted by molar-refractivity contribution is 6.01. The Balaban J connectivity index is 1.84. The average Bonchev–Trinajstić information content (AvgIpc) is 2.70. The molecule has 0 aromatic heterocycles. The van der Waals surface area contributed by atoms with Gasteiger partial charge in [0.25, 0.3) is 5.91 Å². The molecule has 0 heterocycles. The lowest BCUT2D eigenvalue weighted by atomic mass is 9.85. The fourth-order valence-electron chi connectivity index (χ4n) is 2.70. The van der Waals surface area contributed by atoms with Gasteiger partial charge in [-0.1, -0.05) is 25.2 Å². The number of amides is 1. The number of esters is 1. The first kappa shape index (κ1) is 21.4. The van der Waals surface area contributed by atoms with Gasteiger partial charge in [-0.15, -0.1) is 0 Å². The van der Waals surface area contributed by atoms with Gasteiger partial charge in [-0.3, -0.25) is 4.79 Å². The van der Waals surface area contributed by atoms with Gasteiger partial charge in [0.05, 0.1) is 17.9 Å². The van der Waals surface area contributed by atoms with Crippen molar-refractivity contribution in [2.45, 2.75) is 40.0 Å². The van der Waals surface area contributed by atoms with Gasteiger partial charge >= 0.3 is 5.97 Å². The molecule has 28 heavy (non-hydrogen) atoms. The number of hydrazone groups is 1. The van der Waals surface area contributed by atoms with Gasteiger partial charge in [0, 0.05) is 0 Å². The highest BCUT2D eigenvalue weighted by Crippen LogP contribution is 2.26. The molecule has 1 N–H and O–H groups in total. The molecule has 1 aromatic carbocycles. The Morgan fingerprint density at radius 3 is 2.64 bits per heavy atom. The van der Waals surface area contributed by atoms with E-state index in [-0.39, 0.29) is 18.5 Å². The van der Waals surface area contributed by atoms with E-state index in [1.165, 1.54) is 0 Å². The van der Waals surface area contributed by atoms with E-state index in [1.807, 2.05) is 20.8 Å². The lowest BCUT2D eigenvalue weighted by molar-refractivity contribution is -0.123. The molecular weight excluding hydrogens is 356 g/mol. The molecule has 0 saturated carbocycles. The number of carbonyl (C=O) groups excluding carboxylic acids is 2. The van der Waals surface area contributed by atoms with Crippen LogP contribution in [-0.4, -0.2) is 30.8 Å². The number of carbonyl (C=O) groups is 2. The van der Waals surface area contributed by atoms with Crippen LogP contribution in [0.5, 0.6) is 5.75 Å². The molecule has 0 spiro atoms. The van der Waals surface area contributed by atoms with Crippen LogP contribution < -0.4 is 10.2 Å². The normalized spacial score (nSPS) is 17.6. The highest BCUT2D eigenvalue weighted by atomic mass is 16.5. The predicted molar refractivity (Wildman–Crippen MR) is 109 cm³/mol. The van der Waals surface area contributed by atoms with Gasteiger partial charge in [0.2, 0.25) is 0 Å². The van der Waals surface area contributed by atoms with E-state index in [0.29, 0.717) is 23.8 Å². The Morgan fingerprint density at radius 1 is 1.29 bits per heavy atom. The van der Waals surface area contributed by atoms with E-state index in [9.17, 15) is 9.59 Å². The van der Waals surface area contributed by atoms with E-state index < -0.39 is 0 Å². The number of allylic oxidation sites excluding steroid dienone is 3. The van der Waals surface area contributed by atoms with E-state index in [0.717, 1.165) is 36.1 Å². The maximum absolute atomic E-state index is 12.0. The molecule has 1 aliphatic rings. The summed E-state index contributed by atoms with van der Waals surface area (Å²) in [5.74, 6) is 0.138. The lowest BCUT2D eigenvalue weighted by Gasteiger charge is -2.22. The monoisotopic (exact) mass is 384 g/mol. The zero-order valence-electron chi connectivity index (χ0n) is 16.8. The van der Waals surface area contributed by atoms with Crippen LogP contribution in [0.3, 0.4) is 0 Å². The SMILES string of the molecule is C=C(C)C1CC=C(C)/C(=N/NC(=O)COc2ccc(C(=O)OCCC)cc2)C1. The second kappa shape index (κ2) is 10.4. The van der Waals surface area contributed by atoms with Crippen molar-refractivity contribution >= 4 is 17.6 Å². The summed E-state index contributed by atoms with van der Waals surface area (Å²) in [5, 5.41) is 4.24. The summed E-state index contributed by atoms with van der Waals surface area (Å²) in [6, 6.07) is 6.49. The number of hydrogen-bond acceptors (Lipinski definition) is 5. The summed E-state index contributed by atoms with van der Waals surface area (Å²) in [6.45, 7) is 10.2. The number of hydrogen-bond donors (Lipinski definition) is 1. The summed E-state index contributed by atoms with van der Waals surface area (Å²) in [6.07, 6.45) is 4.63. The molecule has 1 aromatic rings. The van der Waals surface area contributed by atoms with Gasteiger partial charge < -0.3 is 9.47 Å². The molecule has 1 amide bonds. The second-order valence-electron chi connectivity index (χ2n) is 6.91. The predicted octanol–water partition coefficient (Wildman–Crippen LogP) is 4.04. The van der Waals surface area contributed by atoms with E-state index in [1.54, 1.807) is 24.3 Å². The largest absolute Gasteiger partial charge is 0.484 e. The average molecular weight is 384 g/mol. The Bertz CT molecular complexity index is 778. The van der Waals surface area contributed by atoms with Crippen molar-refractivity contribution in [1.29, 1.82) is 0 Å². The fraction of sp³-hybridized carbons (Fsp3) is 0.409. The van der Waals surface area contributed by atoms with Crippen molar-refractivity contribution in [2.75, 3.05) is 13.2 Å². The van der Waals surface area contributed by atoms with Crippen molar-refractivity contribution in [3.8, 4) is 5.75 Å². The van der Waals surface area contributed by atoms with Crippen LogP contribution in [0.15, 0.2) is 53.2 Å². The second-order valence-corrected chi connectivity index (χ2v) is 6.91. The lowest BCUT2D eigenvalue weighted by Crippen LogP contribution is -2.27. The zero-order valence-corrected chi connectivity index (χ0v) is 16.8. The molecule has 0 radical (unpaired) electrons. The first-order chi connectivity index (χ1) is 13.4. The molecule has 1 unspecified atom stereocenters. The summed E-state index contributed by atoms with van der Waals surface area (Å²) in [7, 11) is 0. The molecule has 0 aliphatic heterocycles. The Hall–Kier alpha value is -2.89. The molecular formula is C22H28N2O4. The minimum Gasteiger partial charge on any atom is -0.484 e. The van der Waals surface area contributed by atoms with Gasteiger partial charge in [-0.2, -0.15) is 5.10 Å². The molecule has 0 bridgehead atoms. The quantitative estimate of drug-likeness (QED) is 0.417. The first-order valence-electron chi connectivity index (χ1n) is 9.48. The molecule has 150 valence electrons. The molecule has 1 aliphatic carbocycles. The van der Waals surface area contributed by atoms with Gasteiger partial charge in [0.15, 0.2) is 6.61 Å². The van der Waals surface area contributed by atoms with Crippen LogP contribution in [0.2, 0.25) is 0 Å². The zero-order chi connectivity index (χ0) is 20.5. The first-order valence-corrected chi connectivity index (χ1v) is 9.48. The molecule has 6 heteroatoms. The number of ether oxygens (including phenoxy) is 2. The summed E-state index contributed by atoms with van der Waals surface area (Å²) >= 11 is 0. The third-order valence-corrected chi connectivity index (χ3v) is 4.51. The minimum atomic E-state index is -0.370. The minimum absolute atomic E-state index is 0.164. The van der Waals surface area contributed by atoms with Crippen LogP contribution in [-0.2, 0) is 9.53 Å². The summed E-state index contributed by atoms with van der Waals surface area (Å²) < 4.78 is 10.5. The maximum Gasteiger partial charge on any atom is 0.338 e. The Kier molecular flexibility index (Phi) is 7.99. The fourth-order valence-corrected chi connectivity index (χ4v) is 2.70. The van der Waals surface area contributed by atoms with Crippen LogP contribution in [0.1, 0.15) is 50.4 Å². The molecule has 6 nitrogen and oxygen atoms in total. The number of rotatable bonds is 8. The summed E-state index contributed by atoms with van der Waals surface area (Å²) in [5.41, 5.74) is 6.05. The number of nitrogens with zero attached hydrogens (tertiary/aromatic N) is 1. The smallest absolute Gasteiger partial charge is 0.338 e. The van der Waals surface area contributed by atoms with Gasteiger partial charge in [0.1, 0.15) is 5.75 Å². The Morgan fingerprint density at radius 2 is 2.00 bits per heavy atom. The van der Waals surface area contributed by atoms with Crippen molar-refractivity contribution in [3.05, 3.63) is 53.6 Å². The van der Waals surface area contributed by atoms with Crippen molar-refractivity contribution < 1.29 is 19.1 Å². The standard InChI is InChI=1S/C22H28N2O4/c1-5-12-27-22(26)17-8-10-19(11-9-17)28-14-21(25)24-23-20-13-18(15(2)3)7-6-16(20)4/h6,8-11,18H,2,5,7,12-14H2,1,3-4H3,(H,24,25)/b23-20+. The third kappa shape index (κ3) is 6.37. The number of nitrogens with one attached hydrogen (secondary N) is 1. The molecule has 0 fully saturated rings. The highest BCUT2D eigenvalue weighted by Gasteiger charge is 2.18. The van der Waals surface area contributed by atoms with Crippen molar-refractivity contribution in [1.82, 2.24) is 5.43 Å². The summed E-state index contributed by atoms with van der Waals surface area (Å²) in [4.78, 5) is 23.8. The maximum atomic E-state index is 12.0.